The Morgan fingerprint density at radius 1 is 1.04 bits per heavy atom. The van der Waals surface area contributed by atoms with E-state index in [4.69, 9.17) is 30.0 Å². The zero-order valence-electron chi connectivity index (χ0n) is 14.2. The van der Waals surface area contributed by atoms with Crippen LogP contribution in [0.1, 0.15) is 5.89 Å². The van der Waals surface area contributed by atoms with E-state index in [9.17, 15) is 0 Å². The number of hydrogen-bond donors (Lipinski definition) is 0. The Kier molecular flexibility index (Phi) is 4.38. The van der Waals surface area contributed by atoms with Crippen molar-refractivity contribution in [2.24, 2.45) is 0 Å². The van der Waals surface area contributed by atoms with Gasteiger partial charge in [-0.3, -0.25) is 0 Å². The molecule has 140 valence electrons. The van der Waals surface area contributed by atoms with Gasteiger partial charge in [0, 0.05) is 11.1 Å². The van der Waals surface area contributed by atoms with E-state index in [1.54, 1.807) is 12.1 Å². The highest BCUT2D eigenvalue weighted by Gasteiger charge is 2.18. The molecule has 0 radical (unpaired) electrons. The molecular weight excluding hydrogens is 404 g/mol. The van der Waals surface area contributed by atoms with Crippen LogP contribution in [0.5, 0.6) is 11.5 Å². The summed E-state index contributed by atoms with van der Waals surface area (Å²) < 4.78 is 21.6. The van der Waals surface area contributed by atoms with Gasteiger partial charge in [0.05, 0.1) is 10.8 Å². The Morgan fingerprint density at radius 3 is 2.86 bits per heavy atom. The molecule has 28 heavy (non-hydrogen) atoms. The van der Waals surface area contributed by atoms with E-state index in [0.29, 0.717) is 50.7 Å². The van der Waals surface area contributed by atoms with Crippen LogP contribution in [0.4, 0.5) is 0 Å². The minimum atomic E-state index is 0.212. The van der Waals surface area contributed by atoms with Crippen molar-refractivity contribution in [3.8, 4) is 34.3 Å². The maximum Gasteiger partial charge on any atom is 0.277 e. The minimum Gasteiger partial charge on any atom is -0.454 e. The Hall–Kier alpha value is -3.04. The fraction of sp³-hybridized carbons (Fsp3) is 0.111. The zero-order valence-corrected chi connectivity index (χ0v) is 15.7. The van der Waals surface area contributed by atoms with E-state index in [0.717, 1.165) is 5.56 Å². The van der Waals surface area contributed by atoms with Crippen LogP contribution in [0.15, 0.2) is 56.6 Å². The summed E-state index contributed by atoms with van der Waals surface area (Å²) in [7, 11) is 0. The molecular formula is C18H11ClN4O4S. The Morgan fingerprint density at radius 2 is 1.93 bits per heavy atom. The van der Waals surface area contributed by atoms with Crippen molar-refractivity contribution in [1.82, 2.24) is 20.3 Å². The van der Waals surface area contributed by atoms with Gasteiger partial charge in [-0.25, -0.2) is 0 Å². The van der Waals surface area contributed by atoms with Gasteiger partial charge >= 0.3 is 0 Å². The molecule has 1 aliphatic heterocycles. The lowest BCUT2D eigenvalue weighted by molar-refractivity contribution is 0.174. The van der Waals surface area contributed by atoms with Crippen molar-refractivity contribution in [2.45, 2.75) is 11.0 Å². The lowest BCUT2D eigenvalue weighted by Gasteiger charge is -1.97. The van der Waals surface area contributed by atoms with Gasteiger partial charge in [0.15, 0.2) is 11.5 Å². The first-order valence-electron chi connectivity index (χ1n) is 8.20. The second kappa shape index (κ2) is 7.17. The molecule has 1 aliphatic rings. The molecule has 0 spiro atoms. The van der Waals surface area contributed by atoms with E-state index < -0.39 is 0 Å². The fourth-order valence-electron chi connectivity index (χ4n) is 2.60. The Bertz CT molecular complexity index is 1150. The number of thioether (sulfide) groups is 1. The molecule has 0 saturated carbocycles. The third kappa shape index (κ3) is 3.30. The molecule has 0 saturated heterocycles. The van der Waals surface area contributed by atoms with Crippen LogP contribution in [-0.2, 0) is 5.75 Å². The molecule has 0 aliphatic carbocycles. The Balaban J connectivity index is 1.28. The first-order chi connectivity index (χ1) is 13.8. The van der Waals surface area contributed by atoms with E-state index in [-0.39, 0.29) is 6.79 Å². The number of aromatic nitrogens is 4. The highest BCUT2D eigenvalue weighted by atomic mass is 35.5. The molecule has 5 rings (SSSR count). The quantitative estimate of drug-likeness (QED) is 0.438. The van der Waals surface area contributed by atoms with Crippen LogP contribution in [-0.4, -0.2) is 27.1 Å². The maximum absolute atomic E-state index is 6.16. The molecule has 3 heterocycles. The van der Waals surface area contributed by atoms with Gasteiger partial charge in [-0.05, 0) is 30.3 Å². The first-order valence-corrected chi connectivity index (χ1v) is 9.56. The predicted molar refractivity (Wildman–Crippen MR) is 100 cm³/mol. The molecule has 2 aromatic carbocycles. The summed E-state index contributed by atoms with van der Waals surface area (Å²) in [6.45, 7) is 0.212. The molecule has 0 bridgehead atoms. The van der Waals surface area contributed by atoms with Gasteiger partial charge in [-0.2, -0.15) is 4.98 Å². The van der Waals surface area contributed by atoms with E-state index in [1.165, 1.54) is 11.8 Å². The largest absolute Gasteiger partial charge is 0.454 e. The number of nitrogens with zero attached hydrogens (tertiary/aromatic N) is 4. The van der Waals surface area contributed by atoms with Crippen LogP contribution >= 0.6 is 23.4 Å². The van der Waals surface area contributed by atoms with Gasteiger partial charge in [0.25, 0.3) is 5.22 Å². The molecule has 0 N–H and O–H groups in total. The molecule has 0 atom stereocenters. The molecule has 2 aromatic heterocycles. The normalized spacial score (nSPS) is 12.5. The third-order valence-electron chi connectivity index (χ3n) is 3.93. The molecule has 10 heteroatoms. The minimum absolute atomic E-state index is 0.212. The van der Waals surface area contributed by atoms with Gasteiger partial charge < -0.3 is 18.4 Å². The van der Waals surface area contributed by atoms with E-state index in [1.807, 2.05) is 30.3 Å². The summed E-state index contributed by atoms with van der Waals surface area (Å²) in [6, 6.07) is 12.8. The summed E-state index contributed by atoms with van der Waals surface area (Å²) in [4.78, 5) is 4.36. The average Bonchev–Trinajstić information content (AvgIpc) is 3.46. The lowest BCUT2D eigenvalue weighted by Crippen LogP contribution is -1.92. The molecule has 8 nitrogen and oxygen atoms in total. The van der Waals surface area contributed by atoms with E-state index >= 15 is 0 Å². The van der Waals surface area contributed by atoms with Crippen LogP contribution in [0.3, 0.4) is 0 Å². The molecule has 4 aromatic rings. The maximum atomic E-state index is 6.16. The third-order valence-corrected chi connectivity index (χ3v) is 5.06. The second-order valence-corrected chi connectivity index (χ2v) is 7.06. The van der Waals surface area contributed by atoms with Gasteiger partial charge in [-0.15, -0.1) is 10.2 Å². The first kappa shape index (κ1) is 17.1. The number of halogens is 1. The summed E-state index contributed by atoms with van der Waals surface area (Å²) in [5.74, 6) is 3.00. The average molecular weight is 415 g/mol. The smallest absolute Gasteiger partial charge is 0.277 e. The molecule has 0 fully saturated rings. The fourth-order valence-corrected chi connectivity index (χ4v) is 3.42. The number of hydrogen-bond acceptors (Lipinski definition) is 9. The van der Waals surface area contributed by atoms with Crippen molar-refractivity contribution >= 4 is 23.4 Å². The van der Waals surface area contributed by atoms with Crippen molar-refractivity contribution in [3.05, 3.63) is 53.4 Å². The molecule has 0 unspecified atom stereocenters. The van der Waals surface area contributed by atoms with Crippen molar-refractivity contribution < 1.29 is 18.4 Å². The highest BCUT2D eigenvalue weighted by molar-refractivity contribution is 7.98. The van der Waals surface area contributed by atoms with Gasteiger partial charge in [-0.1, -0.05) is 40.7 Å². The number of fused-ring (bicyclic) bond motifs is 1. The lowest BCUT2D eigenvalue weighted by atomic mass is 10.2. The number of benzene rings is 2. The predicted octanol–water partition coefficient (Wildman–Crippen LogP) is 4.46. The summed E-state index contributed by atoms with van der Waals surface area (Å²) in [6.07, 6.45) is 0. The van der Waals surface area contributed by atoms with Crippen molar-refractivity contribution in [3.63, 3.8) is 0 Å². The van der Waals surface area contributed by atoms with Crippen LogP contribution in [0.2, 0.25) is 5.02 Å². The summed E-state index contributed by atoms with van der Waals surface area (Å²) in [5.41, 5.74) is 1.47. The van der Waals surface area contributed by atoms with Crippen LogP contribution < -0.4 is 9.47 Å². The number of rotatable bonds is 5. The molecule has 0 amide bonds. The van der Waals surface area contributed by atoms with Gasteiger partial charge in [0.2, 0.25) is 24.4 Å². The zero-order chi connectivity index (χ0) is 18.9. The monoisotopic (exact) mass is 414 g/mol. The second-order valence-electron chi connectivity index (χ2n) is 5.72. The standard InChI is InChI=1S/C18H11ClN4O4S/c19-12-4-2-1-3-11(12)16-20-15(27-23-16)8-28-18-22-21-17(26-18)10-5-6-13-14(7-10)25-9-24-13/h1-7H,8-9H2. The highest BCUT2D eigenvalue weighted by Crippen LogP contribution is 2.36. The van der Waals surface area contributed by atoms with Crippen LogP contribution in [0, 0.1) is 0 Å². The number of ether oxygens (including phenoxy) is 2. The Labute approximate surface area is 167 Å². The van der Waals surface area contributed by atoms with Crippen molar-refractivity contribution in [1.29, 1.82) is 0 Å². The van der Waals surface area contributed by atoms with Crippen LogP contribution in [0.25, 0.3) is 22.8 Å². The van der Waals surface area contributed by atoms with E-state index in [2.05, 4.69) is 20.3 Å². The summed E-state index contributed by atoms with van der Waals surface area (Å²) in [5, 5.41) is 13.0. The van der Waals surface area contributed by atoms with Gasteiger partial charge in [0.1, 0.15) is 0 Å². The topological polar surface area (TPSA) is 96.3 Å². The van der Waals surface area contributed by atoms with Crippen molar-refractivity contribution in [2.75, 3.05) is 6.79 Å². The SMILES string of the molecule is Clc1ccccc1-c1noc(CSc2nnc(-c3ccc4c(c3)OCO4)o2)n1. The summed E-state index contributed by atoms with van der Waals surface area (Å²) >= 11 is 7.46.